The molecule has 0 aromatic rings. The number of phosphoric ester groups is 1. The maximum Gasteiger partial charge on any atom is 0.470 e. The molecule has 0 aliphatic rings. The van der Waals surface area contributed by atoms with E-state index in [1.807, 2.05) is 0 Å². The van der Waals surface area contributed by atoms with E-state index in [1.165, 1.54) is 0 Å². The van der Waals surface area contributed by atoms with Gasteiger partial charge in [-0.15, -0.1) is 0 Å². The number of phosphoric acid groups is 1. The Hall–Kier alpha value is -0.0500. The molecule has 0 atom stereocenters. The molecule has 0 saturated heterocycles. The summed E-state index contributed by atoms with van der Waals surface area (Å²) >= 11 is 0. The van der Waals surface area contributed by atoms with Gasteiger partial charge in [0.2, 0.25) is 0 Å². The highest BCUT2D eigenvalue weighted by molar-refractivity contribution is 7.46. The zero-order chi connectivity index (χ0) is 20.4. The summed E-state index contributed by atoms with van der Waals surface area (Å²) in [6, 6.07) is 0. The van der Waals surface area contributed by atoms with Gasteiger partial charge < -0.3 is 28.7 Å². The molecule has 0 amide bonds. The summed E-state index contributed by atoms with van der Waals surface area (Å²) in [7, 11) is -4.60. The lowest BCUT2D eigenvalue weighted by molar-refractivity contribution is -0.0267. The first-order chi connectivity index (χ1) is 12.8. The van der Waals surface area contributed by atoms with Crippen molar-refractivity contribution >= 4 is 7.82 Å². The maximum absolute atomic E-state index is 11.3. The Bertz CT molecular complexity index is 354. The van der Waals surface area contributed by atoms with Crippen LogP contribution in [0.15, 0.2) is 0 Å². The van der Waals surface area contributed by atoms with Crippen LogP contribution in [0.1, 0.15) is 59.3 Å². The van der Waals surface area contributed by atoms with Crippen molar-refractivity contribution in [1.29, 1.82) is 0 Å². The molecule has 0 rings (SSSR count). The third kappa shape index (κ3) is 19.1. The molecule has 0 spiro atoms. The number of hydrogen-bond donors (Lipinski definition) is 2. The molecule has 0 radical (unpaired) electrons. The Morgan fingerprint density at radius 1 is 0.704 bits per heavy atom. The molecular weight excluding hydrogens is 375 g/mol. The zero-order valence-electron chi connectivity index (χ0n) is 17.2. The minimum absolute atomic E-state index is 0.327. The molecule has 0 unspecified atom stereocenters. The van der Waals surface area contributed by atoms with Crippen LogP contribution in [0, 0.1) is 0 Å². The number of ether oxygens (including phenoxy) is 4. The second-order valence-corrected chi connectivity index (χ2v) is 7.85. The van der Waals surface area contributed by atoms with Crippen molar-refractivity contribution in [3.05, 3.63) is 0 Å². The van der Waals surface area contributed by atoms with Crippen molar-refractivity contribution in [3.8, 4) is 0 Å². The molecule has 0 aliphatic heterocycles. The van der Waals surface area contributed by atoms with Gasteiger partial charge in [-0.1, -0.05) is 26.7 Å². The first-order valence-electron chi connectivity index (χ1n) is 9.90. The lowest BCUT2D eigenvalue weighted by Crippen LogP contribution is -2.31. The summed E-state index contributed by atoms with van der Waals surface area (Å²) in [5, 5.41) is 0. The minimum Gasteiger partial charge on any atom is -0.379 e. The topological polar surface area (TPSA) is 104 Å². The van der Waals surface area contributed by atoms with Crippen molar-refractivity contribution in [2.75, 3.05) is 52.9 Å². The molecule has 0 saturated carbocycles. The quantitative estimate of drug-likeness (QED) is 0.231. The lowest BCUT2D eigenvalue weighted by atomic mass is 9.99. The SMILES string of the molecule is CCCCOCCOCCC(C)(CCOCCOCCCC)OP(=O)(O)O. The van der Waals surface area contributed by atoms with E-state index in [4.69, 9.17) is 33.3 Å². The fourth-order valence-corrected chi connectivity index (χ4v) is 2.97. The molecule has 8 nitrogen and oxygen atoms in total. The van der Waals surface area contributed by atoms with Crippen LogP contribution in [-0.2, 0) is 28.0 Å². The Morgan fingerprint density at radius 3 is 1.41 bits per heavy atom. The van der Waals surface area contributed by atoms with Gasteiger partial charge in [0.05, 0.1) is 32.0 Å². The predicted octanol–water partition coefficient (Wildman–Crippen LogP) is 3.30. The summed E-state index contributed by atoms with van der Waals surface area (Å²) in [5.41, 5.74) is -1.02. The van der Waals surface area contributed by atoms with Gasteiger partial charge in [-0.3, -0.25) is 4.52 Å². The van der Waals surface area contributed by atoms with Crippen molar-refractivity contribution in [3.63, 3.8) is 0 Å². The molecular formula is C18H39O8P. The minimum atomic E-state index is -4.60. The van der Waals surface area contributed by atoms with E-state index in [-0.39, 0.29) is 0 Å². The maximum atomic E-state index is 11.3. The van der Waals surface area contributed by atoms with E-state index in [1.54, 1.807) is 6.92 Å². The molecule has 0 bridgehead atoms. The Kier molecular flexibility index (Phi) is 16.8. The van der Waals surface area contributed by atoms with Crippen LogP contribution in [0.25, 0.3) is 0 Å². The summed E-state index contributed by atoms with van der Waals surface area (Å²) < 4.78 is 38.0. The van der Waals surface area contributed by atoms with Crippen molar-refractivity contribution < 1.29 is 37.8 Å². The first kappa shape index (κ1) is 27.0. The molecule has 0 fully saturated rings. The van der Waals surface area contributed by atoms with Gasteiger partial charge in [-0.2, -0.15) is 0 Å². The largest absolute Gasteiger partial charge is 0.470 e. The Balaban J connectivity index is 4.00. The van der Waals surface area contributed by atoms with Crippen LogP contribution in [-0.4, -0.2) is 68.2 Å². The van der Waals surface area contributed by atoms with Gasteiger partial charge in [-0.05, 0) is 19.8 Å². The van der Waals surface area contributed by atoms with Crippen LogP contribution >= 0.6 is 7.82 Å². The van der Waals surface area contributed by atoms with Gasteiger partial charge in [-0.25, -0.2) is 4.57 Å². The van der Waals surface area contributed by atoms with Crippen LogP contribution in [0.3, 0.4) is 0 Å². The zero-order valence-corrected chi connectivity index (χ0v) is 18.1. The molecule has 0 aliphatic carbocycles. The van der Waals surface area contributed by atoms with E-state index in [0.29, 0.717) is 52.5 Å². The molecule has 2 N–H and O–H groups in total. The molecule has 0 heterocycles. The fourth-order valence-electron chi connectivity index (χ4n) is 2.22. The molecule has 9 heteroatoms. The van der Waals surface area contributed by atoms with Crippen molar-refractivity contribution in [2.24, 2.45) is 0 Å². The number of rotatable bonds is 20. The van der Waals surface area contributed by atoms with Gasteiger partial charge in [0.15, 0.2) is 0 Å². The second-order valence-electron chi connectivity index (χ2n) is 6.69. The molecule has 164 valence electrons. The monoisotopic (exact) mass is 414 g/mol. The van der Waals surface area contributed by atoms with E-state index in [9.17, 15) is 4.57 Å². The summed E-state index contributed by atoms with van der Waals surface area (Å²) in [4.78, 5) is 18.3. The third-order valence-corrected chi connectivity index (χ3v) is 4.60. The van der Waals surface area contributed by atoms with Crippen LogP contribution in [0.4, 0.5) is 0 Å². The van der Waals surface area contributed by atoms with Gasteiger partial charge in [0.1, 0.15) is 0 Å². The Labute approximate surface area is 164 Å². The summed E-state index contributed by atoms with van der Waals surface area (Å²) in [5.74, 6) is 0. The van der Waals surface area contributed by atoms with E-state index >= 15 is 0 Å². The number of unbranched alkanes of at least 4 members (excludes halogenated alkanes) is 2. The van der Waals surface area contributed by atoms with Crippen LogP contribution in [0.2, 0.25) is 0 Å². The van der Waals surface area contributed by atoms with Crippen molar-refractivity contribution in [2.45, 2.75) is 64.9 Å². The molecule has 0 aromatic carbocycles. The van der Waals surface area contributed by atoms with Crippen LogP contribution < -0.4 is 0 Å². The first-order valence-corrected chi connectivity index (χ1v) is 11.4. The summed E-state index contributed by atoms with van der Waals surface area (Å²) in [6.45, 7) is 9.87. The fraction of sp³-hybridized carbons (Fsp3) is 1.00. The van der Waals surface area contributed by atoms with Crippen molar-refractivity contribution in [1.82, 2.24) is 0 Å². The highest BCUT2D eigenvalue weighted by atomic mass is 31.2. The van der Waals surface area contributed by atoms with E-state index in [0.717, 1.165) is 38.9 Å². The second kappa shape index (κ2) is 16.9. The highest BCUT2D eigenvalue weighted by Gasteiger charge is 2.33. The smallest absolute Gasteiger partial charge is 0.379 e. The van der Waals surface area contributed by atoms with Crippen LogP contribution in [0.5, 0.6) is 0 Å². The normalized spacial score (nSPS) is 12.6. The van der Waals surface area contributed by atoms with E-state index < -0.39 is 13.4 Å². The average molecular weight is 414 g/mol. The van der Waals surface area contributed by atoms with E-state index in [2.05, 4.69) is 13.8 Å². The molecule has 27 heavy (non-hydrogen) atoms. The Morgan fingerprint density at radius 2 is 1.07 bits per heavy atom. The van der Waals surface area contributed by atoms with Gasteiger partial charge in [0.25, 0.3) is 0 Å². The number of hydrogen-bond acceptors (Lipinski definition) is 6. The summed E-state index contributed by atoms with van der Waals surface area (Å²) in [6.07, 6.45) is 4.93. The van der Waals surface area contributed by atoms with Gasteiger partial charge >= 0.3 is 7.82 Å². The lowest BCUT2D eigenvalue weighted by Gasteiger charge is -2.29. The molecule has 0 aromatic heterocycles. The standard InChI is InChI=1S/C18H39O8P/c1-4-6-10-22-14-16-24-12-8-18(3,26-27(19,20)21)9-13-25-17-15-23-11-7-5-2/h4-17H2,1-3H3,(H2,19,20,21). The highest BCUT2D eigenvalue weighted by Crippen LogP contribution is 2.43. The predicted molar refractivity (Wildman–Crippen MR) is 104 cm³/mol. The average Bonchev–Trinajstić information content (AvgIpc) is 2.58. The third-order valence-electron chi connectivity index (χ3n) is 3.92. The van der Waals surface area contributed by atoms with Gasteiger partial charge in [0, 0.05) is 39.3 Å².